The Morgan fingerprint density at radius 2 is 1.85 bits per heavy atom. The van der Waals surface area contributed by atoms with Gasteiger partial charge in [0.2, 0.25) is 5.95 Å². The van der Waals surface area contributed by atoms with Gasteiger partial charge in [-0.2, -0.15) is 0 Å². The predicted octanol–water partition coefficient (Wildman–Crippen LogP) is 5.77. The zero-order chi connectivity index (χ0) is 23.4. The first-order valence-electron chi connectivity index (χ1n) is 10.7. The second-order valence-electron chi connectivity index (χ2n) is 7.61. The molecule has 0 aliphatic heterocycles. The van der Waals surface area contributed by atoms with E-state index in [2.05, 4.69) is 33.6 Å². The number of nitrogens with zero attached hydrogens (tertiary/aromatic N) is 2. The lowest BCUT2D eigenvalue weighted by Gasteiger charge is -2.21. The number of carbonyl (C=O) groups excluding carboxylic acids is 1. The number of amides is 1. The lowest BCUT2D eigenvalue weighted by Crippen LogP contribution is -2.18. The molecular formula is C25H26N4O3S. The number of hydrogen-bond donors (Lipinski definition) is 2. The summed E-state index contributed by atoms with van der Waals surface area (Å²) in [5.41, 5.74) is 3.69. The summed E-state index contributed by atoms with van der Waals surface area (Å²) in [6.07, 6.45) is 2.34. The maximum atomic E-state index is 12.8. The van der Waals surface area contributed by atoms with E-state index >= 15 is 0 Å². The fourth-order valence-corrected chi connectivity index (χ4v) is 4.60. The van der Waals surface area contributed by atoms with Crippen LogP contribution in [-0.4, -0.2) is 23.0 Å². The Bertz CT molecular complexity index is 1210. The summed E-state index contributed by atoms with van der Waals surface area (Å²) in [6.45, 7) is 5.98. The third-order valence-electron chi connectivity index (χ3n) is 5.15. The van der Waals surface area contributed by atoms with Gasteiger partial charge < -0.3 is 19.8 Å². The molecule has 3 heterocycles. The number of rotatable bonds is 8. The first kappa shape index (κ1) is 22.5. The highest BCUT2D eigenvalue weighted by molar-refractivity contribution is 7.16. The molecule has 0 saturated carbocycles. The van der Waals surface area contributed by atoms with Crippen molar-refractivity contribution in [3.8, 4) is 5.75 Å². The van der Waals surface area contributed by atoms with Crippen molar-refractivity contribution in [1.29, 1.82) is 0 Å². The van der Waals surface area contributed by atoms with Crippen molar-refractivity contribution in [2.75, 3.05) is 17.7 Å². The molecule has 33 heavy (non-hydrogen) atoms. The minimum atomic E-state index is -0.291. The van der Waals surface area contributed by atoms with Gasteiger partial charge in [-0.05, 0) is 62.2 Å². The largest absolute Gasteiger partial charge is 0.497 e. The van der Waals surface area contributed by atoms with Crippen LogP contribution in [0.15, 0.2) is 59.2 Å². The number of aryl methyl sites for hydroxylation is 3. The number of ether oxygens (including phenoxy) is 1. The first-order valence-corrected chi connectivity index (χ1v) is 11.5. The second-order valence-corrected chi connectivity index (χ2v) is 8.74. The third-order valence-corrected chi connectivity index (χ3v) is 6.36. The van der Waals surface area contributed by atoms with Crippen LogP contribution in [0.5, 0.6) is 5.75 Å². The summed E-state index contributed by atoms with van der Waals surface area (Å²) in [5.74, 6) is 1.27. The summed E-state index contributed by atoms with van der Waals surface area (Å²) in [7, 11) is 1.64. The van der Waals surface area contributed by atoms with Gasteiger partial charge in [0.15, 0.2) is 5.76 Å². The topological polar surface area (TPSA) is 89.3 Å². The number of thiophene rings is 1. The summed E-state index contributed by atoms with van der Waals surface area (Å²) in [6, 6.07) is 14.9. The number of furan rings is 1. The number of hydrogen-bond acceptors (Lipinski definition) is 7. The minimum Gasteiger partial charge on any atom is -0.497 e. The minimum absolute atomic E-state index is 0.263. The van der Waals surface area contributed by atoms with E-state index in [-0.39, 0.29) is 17.7 Å². The van der Waals surface area contributed by atoms with Crippen molar-refractivity contribution in [2.24, 2.45) is 0 Å². The van der Waals surface area contributed by atoms with Crippen LogP contribution in [0.2, 0.25) is 0 Å². The maximum Gasteiger partial charge on any atom is 0.291 e. The van der Waals surface area contributed by atoms with E-state index in [0.717, 1.165) is 44.6 Å². The Morgan fingerprint density at radius 1 is 1.12 bits per heavy atom. The van der Waals surface area contributed by atoms with E-state index in [0.29, 0.717) is 5.95 Å². The quantitative estimate of drug-likeness (QED) is 0.345. The lowest BCUT2D eigenvalue weighted by molar-refractivity contribution is 0.0997. The highest BCUT2D eigenvalue weighted by Gasteiger charge is 2.24. The summed E-state index contributed by atoms with van der Waals surface area (Å²) in [4.78, 5) is 23.1. The highest BCUT2D eigenvalue weighted by Crippen LogP contribution is 2.38. The molecule has 0 aliphatic rings. The van der Waals surface area contributed by atoms with Crippen molar-refractivity contribution in [1.82, 2.24) is 9.97 Å². The van der Waals surface area contributed by atoms with E-state index in [1.165, 1.54) is 6.26 Å². The molecule has 1 atom stereocenters. The molecule has 0 bridgehead atoms. The van der Waals surface area contributed by atoms with E-state index in [4.69, 9.17) is 9.15 Å². The van der Waals surface area contributed by atoms with Crippen molar-refractivity contribution < 1.29 is 13.9 Å². The van der Waals surface area contributed by atoms with Crippen LogP contribution < -0.4 is 15.4 Å². The van der Waals surface area contributed by atoms with Crippen LogP contribution in [-0.2, 0) is 6.42 Å². The van der Waals surface area contributed by atoms with Gasteiger partial charge in [-0.15, -0.1) is 11.3 Å². The molecule has 0 saturated heterocycles. The first-order chi connectivity index (χ1) is 16.0. The van der Waals surface area contributed by atoms with Crippen LogP contribution >= 0.6 is 11.3 Å². The molecule has 2 N–H and O–H groups in total. The molecule has 0 spiro atoms. The molecule has 4 rings (SSSR count). The van der Waals surface area contributed by atoms with Crippen LogP contribution in [0, 0.1) is 13.8 Å². The Morgan fingerprint density at radius 3 is 2.45 bits per heavy atom. The second kappa shape index (κ2) is 9.87. The molecule has 0 radical (unpaired) electrons. The highest BCUT2D eigenvalue weighted by atomic mass is 32.1. The third kappa shape index (κ3) is 5.23. The van der Waals surface area contributed by atoms with Crippen LogP contribution in [0.1, 0.15) is 50.9 Å². The normalized spacial score (nSPS) is 11.8. The van der Waals surface area contributed by atoms with E-state index in [1.807, 2.05) is 44.2 Å². The fourth-order valence-electron chi connectivity index (χ4n) is 3.57. The van der Waals surface area contributed by atoms with Crippen molar-refractivity contribution in [2.45, 2.75) is 33.2 Å². The summed E-state index contributed by atoms with van der Waals surface area (Å²) >= 11 is 1.55. The number of aromatic nitrogens is 2. The SMILES string of the molecule is CCc1cc([C@@H](Nc2nc(C)cc(C)n2)c2ccc(OC)cc2)c(NC(=O)c2ccco2)s1. The van der Waals surface area contributed by atoms with E-state index in [1.54, 1.807) is 30.6 Å². The average Bonchev–Trinajstić information content (AvgIpc) is 3.47. The standard InChI is InChI=1S/C25H26N4O3S/c1-5-19-14-20(24(33-19)29-23(30)21-7-6-12-32-21)22(17-8-10-18(31-4)11-9-17)28-25-26-15(2)13-16(3)27-25/h6-14,22H,5H2,1-4H3,(H,29,30)(H,26,27,28)/t22-/m0/s1. The molecule has 1 aromatic carbocycles. The van der Waals surface area contributed by atoms with Gasteiger partial charge in [0.25, 0.3) is 5.91 Å². The fraction of sp³-hybridized carbons (Fsp3) is 0.240. The van der Waals surface area contributed by atoms with Gasteiger partial charge in [-0.3, -0.25) is 4.79 Å². The molecule has 0 aliphatic carbocycles. The van der Waals surface area contributed by atoms with Crippen LogP contribution in [0.4, 0.5) is 10.9 Å². The smallest absolute Gasteiger partial charge is 0.291 e. The summed E-state index contributed by atoms with van der Waals surface area (Å²) < 4.78 is 10.6. The molecule has 7 nitrogen and oxygen atoms in total. The van der Waals surface area contributed by atoms with Gasteiger partial charge in [0.1, 0.15) is 10.8 Å². The molecule has 170 valence electrons. The molecule has 3 aromatic heterocycles. The lowest BCUT2D eigenvalue weighted by atomic mass is 9.99. The van der Waals surface area contributed by atoms with Gasteiger partial charge in [0.05, 0.1) is 19.4 Å². The molecule has 0 fully saturated rings. The molecule has 1 amide bonds. The van der Waals surface area contributed by atoms with Crippen LogP contribution in [0.25, 0.3) is 0 Å². The number of carbonyl (C=O) groups is 1. The summed E-state index contributed by atoms with van der Waals surface area (Å²) in [5, 5.41) is 7.27. The Labute approximate surface area is 196 Å². The Hall–Kier alpha value is -3.65. The molecule has 0 unspecified atom stereocenters. The zero-order valence-electron chi connectivity index (χ0n) is 19.0. The van der Waals surface area contributed by atoms with Crippen molar-refractivity contribution in [3.63, 3.8) is 0 Å². The monoisotopic (exact) mass is 462 g/mol. The maximum absolute atomic E-state index is 12.8. The van der Waals surface area contributed by atoms with Crippen LogP contribution in [0.3, 0.4) is 0 Å². The van der Waals surface area contributed by atoms with Gasteiger partial charge >= 0.3 is 0 Å². The van der Waals surface area contributed by atoms with Gasteiger partial charge in [-0.25, -0.2) is 9.97 Å². The number of nitrogens with one attached hydrogen (secondary N) is 2. The predicted molar refractivity (Wildman–Crippen MR) is 130 cm³/mol. The number of benzene rings is 1. The average molecular weight is 463 g/mol. The number of methoxy groups -OCH3 is 1. The number of anilines is 2. The van der Waals surface area contributed by atoms with Crippen molar-refractivity contribution in [3.05, 3.63) is 87.9 Å². The Kier molecular flexibility index (Phi) is 6.74. The Balaban J connectivity index is 1.77. The van der Waals surface area contributed by atoms with Gasteiger partial charge in [0, 0.05) is 21.8 Å². The van der Waals surface area contributed by atoms with Gasteiger partial charge in [-0.1, -0.05) is 19.1 Å². The molecule has 4 aromatic rings. The molecular weight excluding hydrogens is 436 g/mol. The zero-order valence-corrected chi connectivity index (χ0v) is 19.8. The van der Waals surface area contributed by atoms with Crippen molar-refractivity contribution >= 4 is 28.2 Å². The molecule has 8 heteroatoms. The van der Waals surface area contributed by atoms with E-state index in [9.17, 15) is 4.79 Å². The van der Waals surface area contributed by atoms with E-state index < -0.39 is 0 Å².